The van der Waals surface area contributed by atoms with Crippen LogP contribution >= 0.6 is 0 Å². The SMILES string of the molecule is Nc1ccccc1OCC(=O)NCCn1ccnc1. The van der Waals surface area contributed by atoms with Gasteiger partial charge in [0.05, 0.1) is 12.0 Å². The third kappa shape index (κ3) is 4.02. The van der Waals surface area contributed by atoms with Crippen LogP contribution in [0.15, 0.2) is 43.0 Å². The molecule has 6 nitrogen and oxygen atoms in total. The van der Waals surface area contributed by atoms with Crippen LogP contribution in [0.5, 0.6) is 5.75 Å². The molecule has 2 rings (SSSR count). The summed E-state index contributed by atoms with van der Waals surface area (Å²) in [6, 6.07) is 7.08. The van der Waals surface area contributed by atoms with E-state index in [1.54, 1.807) is 24.7 Å². The standard InChI is InChI=1S/C13H16N4O2/c14-11-3-1-2-4-12(11)19-9-13(18)16-6-8-17-7-5-15-10-17/h1-5,7,10H,6,8-9,14H2,(H,16,18). The lowest BCUT2D eigenvalue weighted by atomic mass is 10.3. The van der Waals surface area contributed by atoms with Crippen LogP contribution in [0.3, 0.4) is 0 Å². The Morgan fingerprint density at radius 3 is 3.00 bits per heavy atom. The van der Waals surface area contributed by atoms with Gasteiger partial charge in [-0.15, -0.1) is 0 Å². The number of anilines is 1. The molecular weight excluding hydrogens is 244 g/mol. The van der Waals surface area contributed by atoms with Gasteiger partial charge in [0.15, 0.2) is 6.61 Å². The lowest BCUT2D eigenvalue weighted by Crippen LogP contribution is -2.31. The lowest BCUT2D eigenvalue weighted by molar-refractivity contribution is -0.123. The van der Waals surface area contributed by atoms with Crippen LogP contribution in [-0.4, -0.2) is 28.6 Å². The minimum absolute atomic E-state index is 0.0435. The predicted octanol–water partition coefficient (Wildman–Crippen LogP) is 0.660. The molecule has 0 aliphatic rings. The summed E-state index contributed by atoms with van der Waals surface area (Å²) in [5, 5.41) is 2.76. The first-order valence-corrected chi connectivity index (χ1v) is 5.95. The summed E-state index contributed by atoms with van der Waals surface area (Å²) in [4.78, 5) is 15.5. The van der Waals surface area contributed by atoms with Gasteiger partial charge < -0.3 is 20.4 Å². The van der Waals surface area contributed by atoms with E-state index in [0.717, 1.165) is 0 Å². The van der Waals surface area contributed by atoms with E-state index in [1.807, 2.05) is 22.9 Å². The summed E-state index contributed by atoms with van der Waals surface area (Å²) in [6.45, 7) is 1.17. The number of nitrogens with zero attached hydrogens (tertiary/aromatic N) is 2. The number of nitrogens with one attached hydrogen (secondary N) is 1. The van der Waals surface area contributed by atoms with Crippen molar-refractivity contribution in [1.82, 2.24) is 14.9 Å². The molecule has 0 saturated carbocycles. The monoisotopic (exact) mass is 260 g/mol. The number of amides is 1. The fraction of sp³-hybridized carbons (Fsp3) is 0.231. The summed E-state index contributed by atoms with van der Waals surface area (Å²) >= 11 is 0. The van der Waals surface area contributed by atoms with Crippen molar-refractivity contribution in [1.29, 1.82) is 0 Å². The van der Waals surface area contributed by atoms with Gasteiger partial charge in [-0.05, 0) is 12.1 Å². The van der Waals surface area contributed by atoms with Crippen molar-refractivity contribution in [2.45, 2.75) is 6.54 Å². The van der Waals surface area contributed by atoms with E-state index in [9.17, 15) is 4.79 Å². The van der Waals surface area contributed by atoms with E-state index < -0.39 is 0 Å². The average molecular weight is 260 g/mol. The highest BCUT2D eigenvalue weighted by atomic mass is 16.5. The Kier molecular flexibility index (Phi) is 4.39. The Balaban J connectivity index is 1.69. The van der Waals surface area contributed by atoms with Gasteiger partial charge in [-0.1, -0.05) is 12.1 Å². The number of rotatable bonds is 6. The number of hydrogen-bond acceptors (Lipinski definition) is 4. The zero-order valence-electron chi connectivity index (χ0n) is 10.5. The first kappa shape index (κ1) is 12.9. The van der Waals surface area contributed by atoms with E-state index in [-0.39, 0.29) is 12.5 Å². The third-order valence-corrected chi connectivity index (χ3v) is 2.53. The molecule has 1 heterocycles. The fourth-order valence-electron chi connectivity index (χ4n) is 1.55. The average Bonchev–Trinajstić information content (AvgIpc) is 2.91. The van der Waals surface area contributed by atoms with Crippen LogP contribution in [0, 0.1) is 0 Å². The molecule has 1 amide bonds. The molecule has 0 bridgehead atoms. The predicted molar refractivity (Wildman–Crippen MR) is 71.6 cm³/mol. The highest BCUT2D eigenvalue weighted by molar-refractivity contribution is 5.77. The summed E-state index contributed by atoms with van der Waals surface area (Å²) in [6.07, 6.45) is 5.24. The molecule has 0 aliphatic carbocycles. The molecule has 0 radical (unpaired) electrons. The van der Waals surface area contributed by atoms with Crippen molar-refractivity contribution in [3.63, 3.8) is 0 Å². The Hall–Kier alpha value is -2.50. The van der Waals surface area contributed by atoms with Crippen LogP contribution in [0.4, 0.5) is 5.69 Å². The Morgan fingerprint density at radius 2 is 2.26 bits per heavy atom. The zero-order valence-corrected chi connectivity index (χ0v) is 10.5. The van der Waals surface area contributed by atoms with Crippen molar-refractivity contribution < 1.29 is 9.53 Å². The number of benzene rings is 1. The molecule has 19 heavy (non-hydrogen) atoms. The molecule has 0 fully saturated rings. The van der Waals surface area contributed by atoms with E-state index in [0.29, 0.717) is 24.5 Å². The molecule has 0 aliphatic heterocycles. The van der Waals surface area contributed by atoms with Crippen molar-refractivity contribution in [2.75, 3.05) is 18.9 Å². The Labute approximate surface area is 111 Å². The van der Waals surface area contributed by atoms with Crippen LogP contribution in [0.1, 0.15) is 0 Å². The number of para-hydroxylation sites is 2. The number of carbonyl (C=O) groups is 1. The summed E-state index contributed by atoms with van der Waals surface area (Å²) < 4.78 is 7.22. The van der Waals surface area contributed by atoms with Crippen LogP contribution in [-0.2, 0) is 11.3 Å². The molecule has 0 unspecified atom stereocenters. The molecule has 1 aromatic heterocycles. The van der Waals surface area contributed by atoms with Gasteiger partial charge in [-0.25, -0.2) is 4.98 Å². The maximum absolute atomic E-state index is 11.6. The second kappa shape index (κ2) is 6.44. The lowest BCUT2D eigenvalue weighted by Gasteiger charge is -2.09. The van der Waals surface area contributed by atoms with Gasteiger partial charge in [-0.3, -0.25) is 4.79 Å². The quantitative estimate of drug-likeness (QED) is 0.747. The van der Waals surface area contributed by atoms with Gasteiger partial charge in [0.25, 0.3) is 5.91 Å². The first-order chi connectivity index (χ1) is 9.25. The van der Waals surface area contributed by atoms with E-state index in [4.69, 9.17) is 10.5 Å². The largest absolute Gasteiger partial charge is 0.482 e. The number of nitrogen functional groups attached to an aromatic ring is 1. The molecule has 1 aromatic carbocycles. The van der Waals surface area contributed by atoms with E-state index in [2.05, 4.69) is 10.3 Å². The summed E-state index contributed by atoms with van der Waals surface area (Å²) in [7, 11) is 0. The van der Waals surface area contributed by atoms with Gasteiger partial charge in [0.2, 0.25) is 0 Å². The van der Waals surface area contributed by atoms with Crippen molar-refractivity contribution >= 4 is 11.6 Å². The van der Waals surface area contributed by atoms with Crippen LogP contribution in [0.2, 0.25) is 0 Å². The van der Waals surface area contributed by atoms with Crippen LogP contribution in [0.25, 0.3) is 0 Å². The fourth-order valence-corrected chi connectivity index (χ4v) is 1.55. The van der Waals surface area contributed by atoms with Gasteiger partial charge >= 0.3 is 0 Å². The maximum Gasteiger partial charge on any atom is 0.258 e. The number of imidazole rings is 1. The van der Waals surface area contributed by atoms with Gasteiger partial charge in [-0.2, -0.15) is 0 Å². The summed E-state index contributed by atoms with van der Waals surface area (Å²) in [5.41, 5.74) is 6.23. The molecular formula is C13H16N4O2. The Morgan fingerprint density at radius 1 is 1.42 bits per heavy atom. The molecule has 0 atom stereocenters. The molecule has 100 valence electrons. The normalized spacial score (nSPS) is 10.1. The van der Waals surface area contributed by atoms with Crippen molar-refractivity contribution in [3.05, 3.63) is 43.0 Å². The second-order valence-corrected chi connectivity index (χ2v) is 3.98. The number of ether oxygens (including phenoxy) is 1. The zero-order chi connectivity index (χ0) is 13.5. The highest BCUT2D eigenvalue weighted by Gasteiger charge is 2.04. The molecule has 0 spiro atoms. The topological polar surface area (TPSA) is 82.2 Å². The molecule has 2 aromatic rings. The first-order valence-electron chi connectivity index (χ1n) is 5.95. The Bertz CT molecular complexity index is 525. The number of carbonyl (C=O) groups excluding carboxylic acids is 1. The van der Waals surface area contributed by atoms with E-state index in [1.165, 1.54) is 0 Å². The number of nitrogens with two attached hydrogens (primary N) is 1. The van der Waals surface area contributed by atoms with Crippen LogP contribution < -0.4 is 15.8 Å². The van der Waals surface area contributed by atoms with Crippen molar-refractivity contribution in [3.8, 4) is 5.75 Å². The molecule has 6 heteroatoms. The second-order valence-electron chi connectivity index (χ2n) is 3.98. The minimum Gasteiger partial charge on any atom is -0.482 e. The van der Waals surface area contributed by atoms with Gasteiger partial charge in [0.1, 0.15) is 5.75 Å². The minimum atomic E-state index is -0.177. The van der Waals surface area contributed by atoms with Gasteiger partial charge in [0, 0.05) is 25.5 Å². The van der Waals surface area contributed by atoms with E-state index >= 15 is 0 Å². The summed E-state index contributed by atoms with van der Waals surface area (Å²) in [5.74, 6) is 0.343. The molecule has 0 saturated heterocycles. The number of hydrogen-bond donors (Lipinski definition) is 2. The molecule has 3 N–H and O–H groups in total. The van der Waals surface area contributed by atoms with Crippen molar-refractivity contribution in [2.24, 2.45) is 0 Å². The third-order valence-electron chi connectivity index (χ3n) is 2.53. The highest BCUT2D eigenvalue weighted by Crippen LogP contribution is 2.19. The smallest absolute Gasteiger partial charge is 0.258 e. The maximum atomic E-state index is 11.6. The number of aromatic nitrogens is 2.